The molecular formula is C42H67N3O5. The Kier molecular flexibility index (Phi) is 22.2. The van der Waals surface area contributed by atoms with E-state index in [-0.39, 0.29) is 29.1 Å². The fourth-order valence-electron chi connectivity index (χ4n) is 6.18. The van der Waals surface area contributed by atoms with Crippen LogP contribution in [-0.4, -0.2) is 42.9 Å². The number of nitrogens with two attached hydrogens (primary N) is 1. The SMILES string of the molecule is C=C(/N=C(\N=C(/N)OCC(CCCCCCCCCC)CCCCCCCCCCCC)c1ccc(OC)cc1O)c1ccc(OC)cc1O. The van der Waals surface area contributed by atoms with E-state index in [9.17, 15) is 10.2 Å². The molecule has 8 nitrogen and oxygen atoms in total. The van der Waals surface area contributed by atoms with Crippen molar-refractivity contribution in [2.45, 2.75) is 142 Å². The highest BCUT2D eigenvalue weighted by molar-refractivity contribution is 6.08. The Hall–Kier alpha value is -3.68. The zero-order valence-electron chi connectivity index (χ0n) is 31.7. The number of phenolic OH excluding ortho intramolecular Hbond substituents is 2. The second kappa shape index (κ2) is 26.2. The zero-order chi connectivity index (χ0) is 36.4. The van der Waals surface area contributed by atoms with Gasteiger partial charge in [0.05, 0.1) is 32.1 Å². The largest absolute Gasteiger partial charge is 0.507 e. The second-order valence-electron chi connectivity index (χ2n) is 13.5. The minimum Gasteiger partial charge on any atom is -0.507 e. The quantitative estimate of drug-likeness (QED) is 0.0487. The second-order valence-corrected chi connectivity index (χ2v) is 13.5. The molecule has 1 unspecified atom stereocenters. The minimum atomic E-state index is -0.0834. The van der Waals surface area contributed by atoms with Gasteiger partial charge in [-0.05, 0) is 43.0 Å². The third-order valence-corrected chi connectivity index (χ3v) is 9.32. The van der Waals surface area contributed by atoms with Crippen LogP contribution in [0.25, 0.3) is 5.70 Å². The van der Waals surface area contributed by atoms with E-state index in [4.69, 9.17) is 19.9 Å². The molecular weight excluding hydrogens is 626 g/mol. The van der Waals surface area contributed by atoms with Gasteiger partial charge in [0.2, 0.25) is 0 Å². The van der Waals surface area contributed by atoms with Crippen molar-refractivity contribution in [1.29, 1.82) is 0 Å². The first kappa shape index (κ1) is 42.5. The van der Waals surface area contributed by atoms with Crippen LogP contribution in [0.5, 0.6) is 23.0 Å². The Labute approximate surface area is 303 Å². The maximum absolute atomic E-state index is 10.8. The Morgan fingerprint density at radius 1 is 0.640 bits per heavy atom. The van der Waals surface area contributed by atoms with Gasteiger partial charge in [0.25, 0.3) is 6.02 Å². The maximum atomic E-state index is 10.8. The Morgan fingerprint density at radius 2 is 1.06 bits per heavy atom. The molecule has 2 aromatic rings. The molecule has 0 aliphatic carbocycles. The molecule has 0 aromatic heterocycles. The molecule has 0 spiro atoms. The fraction of sp³-hybridized carbons (Fsp3) is 0.619. The summed E-state index contributed by atoms with van der Waals surface area (Å²) in [4.78, 5) is 9.11. The van der Waals surface area contributed by atoms with Crippen molar-refractivity contribution in [2.24, 2.45) is 21.6 Å². The van der Waals surface area contributed by atoms with E-state index in [0.29, 0.717) is 35.2 Å². The van der Waals surface area contributed by atoms with Gasteiger partial charge in [0, 0.05) is 17.7 Å². The first-order valence-corrected chi connectivity index (χ1v) is 19.3. The highest BCUT2D eigenvalue weighted by atomic mass is 16.5. The Morgan fingerprint density at radius 3 is 1.48 bits per heavy atom. The van der Waals surface area contributed by atoms with E-state index in [0.717, 1.165) is 12.8 Å². The van der Waals surface area contributed by atoms with E-state index in [1.807, 2.05) is 0 Å². The lowest BCUT2D eigenvalue weighted by atomic mass is 9.94. The van der Waals surface area contributed by atoms with Crippen molar-refractivity contribution in [3.05, 3.63) is 54.1 Å². The summed E-state index contributed by atoms with van der Waals surface area (Å²) in [7, 11) is 3.06. The Bertz CT molecular complexity index is 1290. The van der Waals surface area contributed by atoms with Crippen molar-refractivity contribution in [3.8, 4) is 23.0 Å². The summed E-state index contributed by atoms with van der Waals surface area (Å²) in [5.74, 6) is 1.36. The van der Waals surface area contributed by atoms with Crippen molar-refractivity contribution >= 4 is 17.6 Å². The molecule has 0 amide bonds. The summed E-state index contributed by atoms with van der Waals surface area (Å²) in [6, 6.07) is 9.67. The van der Waals surface area contributed by atoms with Gasteiger partial charge in [-0.2, -0.15) is 4.99 Å². The van der Waals surface area contributed by atoms with Gasteiger partial charge >= 0.3 is 0 Å². The highest BCUT2D eigenvalue weighted by Gasteiger charge is 2.16. The van der Waals surface area contributed by atoms with Crippen LogP contribution in [0, 0.1) is 5.92 Å². The number of phenols is 2. The van der Waals surface area contributed by atoms with Gasteiger partial charge in [-0.15, -0.1) is 0 Å². The number of aromatic hydroxyl groups is 2. The average molecular weight is 694 g/mol. The number of ether oxygens (including phenoxy) is 3. The molecule has 0 heterocycles. The van der Waals surface area contributed by atoms with Gasteiger partial charge in [-0.25, -0.2) is 4.99 Å². The predicted molar refractivity (Wildman–Crippen MR) is 210 cm³/mol. The Balaban J connectivity index is 2.10. The molecule has 0 saturated heterocycles. The molecule has 0 fully saturated rings. The number of hydrogen-bond donors (Lipinski definition) is 3. The molecule has 1 atom stereocenters. The number of benzene rings is 2. The first-order valence-electron chi connectivity index (χ1n) is 19.3. The fourth-order valence-corrected chi connectivity index (χ4v) is 6.18. The topological polar surface area (TPSA) is 119 Å². The van der Waals surface area contributed by atoms with Crippen LogP contribution in [0.1, 0.15) is 153 Å². The summed E-state index contributed by atoms with van der Waals surface area (Å²) < 4.78 is 16.6. The van der Waals surface area contributed by atoms with E-state index < -0.39 is 0 Å². The standard InChI is InChI=1S/C42H67N3O5/c1-6-8-10-12-14-16-17-19-21-23-25-34(24-22-20-18-15-13-11-9-7-2)32-50-42(43)45-41(38-29-27-36(49-5)31-40(38)47)44-33(3)37-28-26-35(48-4)30-39(37)46/h26-31,34,46-47H,3,6-25,32H2,1-2,4-5H3,(H2,43,44,45). The number of nitrogens with zero attached hydrogens (tertiary/aromatic N) is 2. The van der Waals surface area contributed by atoms with E-state index in [2.05, 4.69) is 30.4 Å². The molecule has 0 bridgehead atoms. The van der Waals surface area contributed by atoms with Gasteiger partial charge in [0.15, 0.2) is 5.84 Å². The van der Waals surface area contributed by atoms with Crippen LogP contribution in [0.2, 0.25) is 0 Å². The zero-order valence-corrected chi connectivity index (χ0v) is 31.7. The highest BCUT2D eigenvalue weighted by Crippen LogP contribution is 2.31. The smallest absolute Gasteiger partial charge is 0.288 e. The van der Waals surface area contributed by atoms with Gasteiger partial charge in [-0.1, -0.05) is 136 Å². The number of aliphatic imine (C=N–C) groups is 2. The summed E-state index contributed by atoms with van der Waals surface area (Å²) in [5.41, 5.74) is 7.34. The molecule has 0 saturated carbocycles. The molecule has 0 aliphatic heterocycles. The number of amidine groups is 2. The van der Waals surface area contributed by atoms with Crippen LogP contribution in [0.4, 0.5) is 0 Å². The molecule has 8 heteroatoms. The van der Waals surface area contributed by atoms with E-state index >= 15 is 0 Å². The molecule has 2 aromatic carbocycles. The third kappa shape index (κ3) is 17.3. The lowest BCUT2D eigenvalue weighted by molar-refractivity contribution is 0.211. The third-order valence-electron chi connectivity index (χ3n) is 9.32. The molecule has 280 valence electrons. The monoisotopic (exact) mass is 694 g/mol. The number of hydrogen-bond acceptors (Lipinski definition) is 6. The lowest BCUT2D eigenvalue weighted by Crippen LogP contribution is -2.23. The van der Waals surface area contributed by atoms with Crippen LogP contribution >= 0.6 is 0 Å². The van der Waals surface area contributed by atoms with Crippen LogP contribution in [0.3, 0.4) is 0 Å². The predicted octanol–water partition coefficient (Wildman–Crippen LogP) is 11.3. The van der Waals surface area contributed by atoms with E-state index in [1.165, 1.54) is 142 Å². The number of methoxy groups -OCH3 is 2. The molecule has 2 rings (SSSR count). The first-order chi connectivity index (χ1) is 24.3. The van der Waals surface area contributed by atoms with Crippen LogP contribution in [0.15, 0.2) is 53.0 Å². The van der Waals surface area contributed by atoms with Gasteiger partial charge in [0.1, 0.15) is 23.0 Å². The van der Waals surface area contributed by atoms with Crippen LogP contribution in [-0.2, 0) is 4.74 Å². The van der Waals surface area contributed by atoms with Gasteiger partial charge in [-0.3, -0.25) is 0 Å². The van der Waals surface area contributed by atoms with Crippen molar-refractivity contribution in [1.82, 2.24) is 0 Å². The summed E-state index contributed by atoms with van der Waals surface area (Å²) in [6.07, 6.45) is 25.7. The molecule has 0 aliphatic rings. The number of unbranched alkanes of at least 4 members (excludes halogenated alkanes) is 16. The average Bonchev–Trinajstić information content (AvgIpc) is 3.11. The van der Waals surface area contributed by atoms with Crippen LogP contribution < -0.4 is 15.2 Å². The summed E-state index contributed by atoms with van der Waals surface area (Å²) >= 11 is 0. The number of rotatable bonds is 27. The summed E-state index contributed by atoms with van der Waals surface area (Å²) in [5, 5.41) is 21.4. The van der Waals surface area contributed by atoms with E-state index in [1.54, 1.807) is 24.3 Å². The normalized spacial score (nSPS) is 12.6. The van der Waals surface area contributed by atoms with Crippen molar-refractivity contribution in [3.63, 3.8) is 0 Å². The molecule has 4 N–H and O–H groups in total. The lowest BCUT2D eigenvalue weighted by Gasteiger charge is -2.18. The van der Waals surface area contributed by atoms with Crippen molar-refractivity contribution < 1.29 is 24.4 Å². The minimum absolute atomic E-state index is 0.0327. The summed E-state index contributed by atoms with van der Waals surface area (Å²) in [6.45, 7) is 9.06. The maximum Gasteiger partial charge on any atom is 0.288 e. The van der Waals surface area contributed by atoms with Gasteiger partial charge < -0.3 is 30.2 Å². The molecule has 50 heavy (non-hydrogen) atoms. The molecule has 0 radical (unpaired) electrons. The van der Waals surface area contributed by atoms with Crippen molar-refractivity contribution in [2.75, 3.05) is 20.8 Å².